The Bertz CT molecular complexity index is 536. The molecule has 0 aliphatic heterocycles. The summed E-state index contributed by atoms with van der Waals surface area (Å²) in [6, 6.07) is 3.87. The molecule has 0 N–H and O–H groups in total. The first-order valence-electron chi connectivity index (χ1n) is 9.83. The fourth-order valence-corrected chi connectivity index (χ4v) is 2.89. The zero-order chi connectivity index (χ0) is 19.7. The molecule has 1 amide bonds. The predicted molar refractivity (Wildman–Crippen MR) is 106 cm³/mol. The Morgan fingerprint density at radius 3 is 1.62 bits per heavy atom. The normalized spacial score (nSPS) is 13.0. The second kappa shape index (κ2) is 10.9. The number of hydrogen-bond acceptors (Lipinski definition) is 4. The predicted octanol–water partition coefficient (Wildman–Crippen LogP) is 4.92. The minimum atomic E-state index is -0.00125. The van der Waals surface area contributed by atoms with Gasteiger partial charge in [-0.2, -0.15) is 0 Å². The van der Waals surface area contributed by atoms with Crippen molar-refractivity contribution in [3.05, 3.63) is 17.7 Å². The largest absolute Gasteiger partial charge is 0.490 e. The van der Waals surface area contributed by atoms with Gasteiger partial charge in [-0.15, -0.1) is 0 Å². The van der Waals surface area contributed by atoms with Crippen molar-refractivity contribution in [3.63, 3.8) is 0 Å². The number of amides is 1. The number of carbonyl (C=O) groups excluding carboxylic acids is 1. The highest BCUT2D eigenvalue weighted by Gasteiger charge is 2.27. The molecule has 0 aliphatic rings. The quantitative estimate of drug-likeness (QED) is 0.558. The zero-order valence-corrected chi connectivity index (χ0v) is 17.4. The lowest BCUT2D eigenvalue weighted by molar-refractivity contribution is 0.0597. The van der Waals surface area contributed by atoms with Gasteiger partial charge >= 0.3 is 0 Å². The number of benzene rings is 1. The minimum absolute atomic E-state index is 0.00125. The molecule has 0 unspecified atom stereocenters. The van der Waals surface area contributed by atoms with Crippen LogP contribution in [0.5, 0.6) is 17.2 Å². The number of hydrogen-bond donors (Lipinski definition) is 0. The van der Waals surface area contributed by atoms with Crippen LogP contribution in [0.3, 0.4) is 0 Å². The van der Waals surface area contributed by atoms with Crippen molar-refractivity contribution < 1.29 is 19.0 Å². The van der Waals surface area contributed by atoms with Crippen LogP contribution in [0.2, 0.25) is 0 Å². The third-order valence-corrected chi connectivity index (χ3v) is 4.52. The van der Waals surface area contributed by atoms with Crippen molar-refractivity contribution in [2.75, 3.05) is 19.8 Å². The molecular formula is C21H35NO4. The Morgan fingerprint density at radius 2 is 1.27 bits per heavy atom. The van der Waals surface area contributed by atoms with Gasteiger partial charge in [0.15, 0.2) is 11.5 Å². The van der Waals surface area contributed by atoms with Gasteiger partial charge in [-0.3, -0.25) is 4.79 Å². The van der Waals surface area contributed by atoms with Gasteiger partial charge in [-0.05, 0) is 59.6 Å². The van der Waals surface area contributed by atoms with E-state index in [0.717, 1.165) is 12.8 Å². The van der Waals surface area contributed by atoms with Gasteiger partial charge in [-0.25, -0.2) is 0 Å². The molecule has 2 atom stereocenters. The van der Waals surface area contributed by atoms with Gasteiger partial charge < -0.3 is 19.1 Å². The Morgan fingerprint density at radius 1 is 0.846 bits per heavy atom. The van der Waals surface area contributed by atoms with E-state index in [9.17, 15) is 4.79 Å². The second-order valence-electron chi connectivity index (χ2n) is 6.33. The first-order valence-corrected chi connectivity index (χ1v) is 9.83. The summed E-state index contributed by atoms with van der Waals surface area (Å²) in [7, 11) is 0. The van der Waals surface area contributed by atoms with E-state index in [1.165, 1.54) is 0 Å². The first kappa shape index (κ1) is 22.1. The third-order valence-electron chi connectivity index (χ3n) is 4.52. The van der Waals surface area contributed by atoms with E-state index in [-0.39, 0.29) is 18.0 Å². The van der Waals surface area contributed by atoms with Gasteiger partial charge in [0.1, 0.15) is 0 Å². The summed E-state index contributed by atoms with van der Waals surface area (Å²) in [5.74, 6) is 1.67. The molecule has 148 valence electrons. The van der Waals surface area contributed by atoms with E-state index < -0.39 is 0 Å². The van der Waals surface area contributed by atoms with Gasteiger partial charge in [0, 0.05) is 17.6 Å². The first-order chi connectivity index (χ1) is 12.4. The van der Waals surface area contributed by atoms with Crippen molar-refractivity contribution >= 4 is 5.91 Å². The highest BCUT2D eigenvalue weighted by Crippen LogP contribution is 2.39. The maximum atomic E-state index is 13.3. The lowest BCUT2D eigenvalue weighted by Crippen LogP contribution is -2.44. The maximum absolute atomic E-state index is 13.3. The average molecular weight is 366 g/mol. The molecule has 1 aromatic carbocycles. The molecule has 0 heterocycles. The molecule has 0 saturated carbocycles. The fraction of sp³-hybridized carbons (Fsp3) is 0.667. The molecule has 5 heteroatoms. The van der Waals surface area contributed by atoms with Crippen LogP contribution in [0.1, 0.15) is 71.7 Å². The Hall–Kier alpha value is -1.91. The molecule has 1 rings (SSSR count). The van der Waals surface area contributed by atoms with Crippen LogP contribution in [0.25, 0.3) is 0 Å². The van der Waals surface area contributed by atoms with E-state index in [1.807, 2.05) is 25.7 Å². The summed E-state index contributed by atoms with van der Waals surface area (Å²) >= 11 is 0. The van der Waals surface area contributed by atoms with Crippen molar-refractivity contribution in [1.29, 1.82) is 0 Å². The maximum Gasteiger partial charge on any atom is 0.254 e. The van der Waals surface area contributed by atoms with Crippen molar-refractivity contribution in [3.8, 4) is 17.2 Å². The van der Waals surface area contributed by atoms with Gasteiger partial charge in [0.25, 0.3) is 5.91 Å². The number of rotatable bonds is 11. The van der Waals surface area contributed by atoms with E-state index in [4.69, 9.17) is 14.2 Å². The smallest absolute Gasteiger partial charge is 0.254 e. The summed E-state index contributed by atoms with van der Waals surface area (Å²) in [6.45, 7) is 15.6. The van der Waals surface area contributed by atoms with Crippen LogP contribution in [0, 0.1) is 0 Å². The Balaban J connectivity index is 3.42. The van der Waals surface area contributed by atoms with E-state index in [1.54, 1.807) is 12.1 Å². The molecule has 26 heavy (non-hydrogen) atoms. The lowest BCUT2D eigenvalue weighted by Gasteiger charge is -2.34. The topological polar surface area (TPSA) is 48.0 Å². The number of nitrogens with zero attached hydrogens (tertiary/aromatic N) is 1. The fourth-order valence-electron chi connectivity index (χ4n) is 2.89. The minimum Gasteiger partial charge on any atom is -0.490 e. The van der Waals surface area contributed by atoms with Crippen molar-refractivity contribution in [1.82, 2.24) is 4.90 Å². The summed E-state index contributed by atoms with van der Waals surface area (Å²) in [4.78, 5) is 15.3. The van der Waals surface area contributed by atoms with Gasteiger partial charge in [0.2, 0.25) is 5.75 Å². The van der Waals surface area contributed by atoms with Crippen LogP contribution < -0.4 is 14.2 Å². The van der Waals surface area contributed by atoms with E-state index in [0.29, 0.717) is 42.6 Å². The molecule has 0 saturated heterocycles. The van der Waals surface area contributed by atoms with Crippen LogP contribution >= 0.6 is 0 Å². The standard InChI is InChI=1S/C21H35NO4/c1-8-15(6)22(16(7)9-2)21(23)17-13-18(24-10-3)20(26-12-5)19(14-17)25-11-4/h13-16H,8-12H2,1-7H3/t15-,16-/m0/s1. The molecule has 0 bridgehead atoms. The lowest BCUT2D eigenvalue weighted by atomic mass is 10.1. The molecule has 0 aliphatic carbocycles. The van der Waals surface area contributed by atoms with Gasteiger partial charge in [0.05, 0.1) is 19.8 Å². The van der Waals surface area contributed by atoms with Crippen LogP contribution in [0.4, 0.5) is 0 Å². The third kappa shape index (κ3) is 5.29. The Labute approximate surface area is 158 Å². The molecule has 5 nitrogen and oxygen atoms in total. The van der Waals surface area contributed by atoms with Crippen molar-refractivity contribution in [2.24, 2.45) is 0 Å². The highest BCUT2D eigenvalue weighted by molar-refractivity contribution is 5.96. The van der Waals surface area contributed by atoms with E-state index >= 15 is 0 Å². The number of ether oxygens (including phenoxy) is 3. The average Bonchev–Trinajstić information content (AvgIpc) is 2.64. The molecule has 0 fully saturated rings. The summed E-state index contributed by atoms with van der Waals surface area (Å²) in [5, 5.41) is 0. The Kier molecular flexibility index (Phi) is 9.31. The van der Waals surface area contributed by atoms with E-state index in [2.05, 4.69) is 27.7 Å². The van der Waals surface area contributed by atoms with Crippen molar-refractivity contribution in [2.45, 2.75) is 73.4 Å². The summed E-state index contributed by atoms with van der Waals surface area (Å²) in [6.07, 6.45) is 1.81. The molecular weight excluding hydrogens is 330 g/mol. The molecule has 0 aromatic heterocycles. The monoisotopic (exact) mass is 365 g/mol. The summed E-state index contributed by atoms with van der Waals surface area (Å²) < 4.78 is 17.2. The summed E-state index contributed by atoms with van der Waals surface area (Å²) in [5.41, 5.74) is 0.570. The number of carbonyl (C=O) groups is 1. The SMILES string of the molecule is CCOc1cc(C(=O)N([C@@H](C)CC)[C@@H](C)CC)cc(OCC)c1OCC. The molecule has 0 radical (unpaired) electrons. The molecule has 1 aromatic rings. The zero-order valence-electron chi connectivity index (χ0n) is 17.4. The molecule has 0 spiro atoms. The van der Waals surface area contributed by atoms with Crippen LogP contribution in [0.15, 0.2) is 12.1 Å². The van der Waals surface area contributed by atoms with Gasteiger partial charge in [-0.1, -0.05) is 13.8 Å². The van der Waals surface area contributed by atoms with Crippen LogP contribution in [-0.4, -0.2) is 42.7 Å². The van der Waals surface area contributed by atoms with Crippen LogP contribution in [-0.2, 0) is 0 Å². The highest BCUT2D eigenvalue weighted by atomic mass is 16.5. The second-order valence-corrected chi connectivity index (χ2v) is 6.33.